The Hall–Kier alpha value is -0.680. The quantitative estimate of drug-likeness (QED) is 0.639. The van der Waals surface area contributed by atoms with Crippen LogP contribution in [0.1, 0.15) is 31.0 Å². The highest BCUT2D eigenvalue weighted by molar-refractivity contribution is 6.31. The van der Waals surface area contributed by atoms with E-state index in [1.54, 1.807) is 6.20 Å². The van der Waals surface area contributed by atoms with Crippen molar-refractivity contribution < 1.29 is 4.74 Å². The molecule has 0 spiro atoms. The molecule has 0 aliphatic carbocycles. The van der Waals surface area contributed by atoms with Crippen molar-refractivity contribution in [1.82, 2.24) is 10.4 Å². The van der Waals surface area contributed by atoms with Gasteiger partial charge < -0.3 is 4.74 Å². The molecular weight excluding hydrogens is 238 g/mol. The summed E-state index contributed by atoms with van der Waals surface area (Å²) in [6.07, 6.45) is 4.87. The molecule has 0 radical (unpaired) electrons. The van der Waals surface area contributed by atoms with E-state index in [9.17, 15) is 0 Å². The lowest BCUT2D eigenvalue weighted by Gasteiger charge is -2.26. The van der Waals surface area contributed by atoms with Crippen LogP contribution in [0.4, 0.5) is 0 Å². The third-order valence-corrected chi connectivity index (χ3v) is 3.55. The van der Waals surface area contributed by atoms with Crippen LogP contribution in [0.25, 0.3) is 0 Å². The van der Waals surface area contributed by atoms with E-state index in [0.717, 1.165) is 38.2 Å². The zero-order valence-corrected chi connectivity index (χ0v) is 10.5. The maximum Gasteiger partial charge on any atom is 0.0772 e. The van der Waals surface area contributed by atoms with Crippen LogP contribution in [0.3, 0.4) is 0 Å². The van der Waals surface area contributed by atoms with Gasteiger partial charge in [0, 0.05) is 19.4 Å². The molecule has 2 heterocycles. The minimum Gasteiger partial charge on any atom is -0.381 e. The SMILES string of the molecule is NNC(CC1CCOCC1)c1ncccc1Cl. The van der Waals surface area contributed by atoms with Gasteiger partial charge in [-0.2, -0.15) is 0 Å². The van der Waals surface area contributed by atoms with E-state index >= 15 is 0 Å². The van der Waals surface area contributed by atoms with Crippen LogP contribution in [-0.4, -0.2) is 18.2 Å². The zero-order chi connectivity index (χ0) is 12.1. The fourth-order valence-corrected chi connectivity index (χ4v) is 2.48. The highest BCUT2D eigenvalue weighted by atomic mass is 35.5. The van der Waals surface area contributed by atoms with Crippen molar-refractivity contribution in [1.29, 1.82) is 0 Å². The topological polar surface area (TPSA) is 60.2 Å². The van der Waals surface area contributed by atoms with Crippen molar-refractivity contribution >= 4 is 11.6 Å². The fourth-order valence-electron chi connectivity index (χ4n) is 2.23. The second-order valence-electron chi connectivity index (χ2n) is 4.38. The third kappa shape index (κ3) is 3.39. The lowest BCUT2D eigenvalue weighted by molar-refractivity contribution is 0.0603. The highest BCUT2D eigenvalue weighted by Gasteiger charge is 2.21. The number of ether oxygens (including phenoxy) is 1. The average molecular weight is 256 g/mol. The number of nitrogens with one attached hydrogen (secondary N) is 1. The largest absolute Gasteiger partial charge is 0.381 e. The summed E-state index contributed by atoms with van der Waals surface area (Å²) in [7, 11) is 0. The molecule has 1 aliphatic rings. The van der Waals surface area contributed by atoms with Crippen LogP contribution >= 0.6 is 11.6 Å². The van der Waals surface area contributed by atoms with Crippen LogP contribution in [-0.2, 0) is 4.74 Å². The van der Waals surface area contributed by atoms with E-state index in [-0.39, 0.29) is 6.04 Å². The Balaban J connectivity index is 2.03. The van der Waals surface area contributed by atoms with Gasteiger partial charge in [0.25, 0.3) is 0 Å². The van der Waals surface area contributed by atoms with Crippen LogP contribution in [0.5, 0.6) is 0 Å². The molecule has 4 nitrogen and oxygen atoms in total. The molecule has 1 atom stereocenters. The maximum atomic E-state index is 6.13. The lowest BCUT2D eigenvalue weighted by Crippen LogP contribution is -2.31. The monoisotopic (exact) mass is 255 g/mol. The minimum absolute atomic E-state index is 0.0202. The van der Waals surface area contributed by atoms with Gasteiger partial charge in [-0.25, -0.2) is 0 Å². The summed E-state index contributed by atoms with van der Waals surface area (Å²) in [5.74, 6) is 6.24. The van der Waals surface area contributed by atoms with Crippen LogP contribution in [0.2, 0.25) is 5.02 Å². The van der Waals surface area contributed by atoms with E-state index in [2.05, 4.69) is 10.4 Å². The predicted octanol–water partition coefficient (Wildman–Crippen LogP) is 2.06. The predicted molar refractivity (Wildman–Crippen MR) is 67.5 cm³/mol. The molecule has 1 aliphatic heterocycles. The molecule has 1 unspecified atom stereocenters. The van der Waals surface area contributed by atoms with Crippen molar-refractivity contribution in [3.63, 3.8) is 0 Å². The molecular formula is C12H18ClN3O. The fraction of sp³-hybridized carbons (Fsp3) is 0.583. The Morgan fingerprint density at radius 1 is 1.53 bits per heavy atom. The van der Waals surface area contributed by atoms with Crippen LogP contribution in [0, 0.1) is 5.92 Å². The minimum atomic E-state index is 0.0202. The van der Waals surface area contributed by atoms with Gasteiger partial charge in [-0.05, 0) is 37.3 Å². The second kappa shape index (κ2) is 6.31. The third-order valence-electron chi connectivity index (χ3n) is 3.23. The number of nitrogens with two attached hydrogens (primary N) is 1. The van der Waals surface area contributed by atoms with Gasteiger partial charge in [-0.3, -0.25) is 16.3 Å². The summed E-state index contributed by atoms with van der Waals surface area (Å²) >= 11 is 6.13. The molecule has 17 heavy (non-hydrogen) atoms. The lowest BCUT2D eigenvalue weighted by atomic mass is 9.91. The van der Waals surface area contributed by atoms with Crippen molar-refractivity contribution in [3.05, 3.63) is 29.0 Å². The van der Waals surface area contributed by atoms with Crippen molar-refractivity contribution in [2.75, 3.05) is 13.2 Å². The van der Waals surface area contributed by atoms with Crippen LogP contribution in [0.15, 0.2) is 18.3 Å². The number of hydrazine groups is 1. The molecule has 1 saturated heterocycles. The van der Waals surface area contributed by atoms with E-state index in [1.165, 1.54) is 0 Å². The Bertz CT molecular complexity index is 355. The van der Waals surface area contributed by atoms with Crippen molar-refractivity contribution in [2.45, 2.75) is 25.3 Å². The molecule has 0 amide bonds. The first-order valence-corrected chi connectivity index (χ1v) is 6.33. The van der Waals surface area contributed by atoms with Gasteiger partial charge >= 0.3 is 0 Å². The standard InChI is InChI=1S/C12H18ClN3O/c13-10-2-1-5-15-12(10)11(16-14)8-9-3-6-17-7-4-9/h1-2,5,9,11,16H,3-4,6-8,14H2. The van der Waals surface area contributed by atoms with Gasteiger partial charge in [-0.1, -0.05) is 11.6 Å². The number of rotatable bonds is 4. The van der Waals surface area contributed by atoms with E-state index in [0.29, 0.717) is 10.9 Å². The van der Waals surface area contributed by atoms with Crippen LogP contribution < -0.4 is 11.3 Å². The Kier molecular flexibility index (Phi) is 4.74. The Morgan fingerprint density at radius 3 is 2.94 bits per heavy atom. The first-order chi connectivity index (χ1) is 8.31. The summed E-state index contributed by atoms with van der Waals surface area (Å²) < 4.78 is 5.35. The normalized spacial score (nSPS) is 19.2. The number of hydrogen-bond donors (Lipinski definition) is 2. The van der Waals surface area contributed by atoms with Crippen molar-refractivity contribution in [2.24, 2.45) is 11.8 Å². The summed E-state index contributed by atoms with van der Waals surface area (Å²) in [5, 5.41) is 0.669. The molecule has 0 bridgehead atoms. The number of hydrogen-bond acceptors (Lipinski definition) is 4. The number of nitrogens with zero attached hydrogens (tertiary/aromatic N) is 1. The van der Waals surface area contributed by atoms with E-state index in [1.807, 2.05) is 12.1 Å². The molecule has 1 aromatic heterocycles. The summed E-state index contributed by atoms with van der Waals surface area (Å²) in [5.41, 5.74) is 3.65. The molecule has 0 saturated carbocycles. The van der Waals surface area contributed by atoms with E-state index < -0.39 is 0 Å². The number of aromatic nitrogens is 1. The second-order valence-corrected chi connectivity index (χ2v) is 4.79. The average Bonchev–Trinajstić information content (AvgIpc) is 2.38. The number of pyridine rings is 1. The summed E-state index contributed by atoms with van der Waals surface area (Å²) in [6.45, 7) is 1.69. The summed E-state index contributed by atoms with van der Waals surface area (Å²) in [6, 6.07) is 3.69. The van der Waals surface area contributed by atoms with Gasteiger partial charge in [-0.15, -0.1) is 0 Å². The molecule has 1 aromatic rings. The highest BCUT2D eigenvalue weighted by Crippen LogP contribution is 2.29. The van der Waals surface area contributed by atoms with Gasteiger partial charge in [0.15, 0.2) is 0 Å². The molecule has 3 N–H and O–H groups in total. The summed E-state index contributed by atoms with van der Waals surface area (Å²) in [4.78, 5) is 4.31. The maximum absolute atomic E-state index is 6.13. The molecule has 1 fully saturated rings. The first-order valence-electron chi connectivity index (χ1n) is 5.95. The van der Waals surface area contributed by atoms with Gasteiger partial charge in [0.1, 0.15) is 0 Å². The molecule has 94 valence electrons. The molecule has 0 aromatic carbocycles. The molecule has 5 heteroatoms. The zero-order valence-electron chi connectivity index (χ0n) is 9.73. The van der Waals surface area contributed by atoms with Gasteiger partial charge in [0.2, 0.25) is 0 Å². The Labute approximate surface area is 106 Å². The van der Waals surface area contributed by atoms with Crippen molar-refractivity contribution in [3.8, 4) is 0 Å². The molecule has 2 rings (SSSR count). The number of halogens is 1. The Morgan fingerprint density at radius 2 is 2.29 bits per heavy atom. The van der Waals surface area contributed by atoms with E-state index in [4.69, 9.17) is 22.2 Å². The van der Waals surface area contributed by atoms with Gasteiger partial charge in [0.05, 0.1) is 16.8 Å². The first kappa shape index (κ1) is 12.8. The smallest absolute Gasteiger partial charge is 0.0772 e.